The highest BCUT2D eigenvalue weighted by atomic mass is 32.2. The average molecular weight is 212 g/mol. The minimum atomic E-state index is -0.905. The number of carboxylic acid groups (broad SMARTS) is 1. The van der Waals surface area contributed by atoms with Gasteiger partial charge in [0, 0.05) is 17.3 Å². The van der Waals surface area contributed by atoms with Crippen LogP contribution in [0.4, 0.5) is 0 Å². The number of aliphatic hydroxyl groups is 1. The number of aliphatic hydroxyl groups excluding tert-OH is 1. The fourth-order valence-corrected chi connectivity index (χ4v) is 1.99. The van der Waals surface area contributed by atoms with E-state index in [0.29, 0.717) is 12.0 Å². The lowest BCUT2D eigenvalue weighted by molar-refractivity contribution is 0.0693. The number of carboxylic acids is 1. The molecule has 0 saturated heterocycles. The second kappa shape index (κ2) is 5.67. The van der Waals surface area contributed by atoms with Crippen molar-refractivity contribution in [2.75, 3.05) is 12.4 Å². The van der Waals surface area contributed by atoms with E-state index >= 15 is 0 Å². The summed E-state index contributed by atoms with van der Waals surface area (Å²) in [4.78, 5) is 11.5. The highest BCUT2D eigenvalue weighted by molar-refractivity contribution is 7.99. The summed E-state index contributed by atoms with van der Waals surface area (Å²) in [6, 6.07) is 6.89. The van der Waals surface area contributed by atoms with Crippen LogP contribution in [0.1, 0.15) is 16.8 Å². The molecule has 0 spiro atoms. The smallest absolute Gasteiger partial charge is 0.336 e. The Labute approximate surface area is 86.8 Å². The van der Waals surface area contributed by atoms with Gasteiger partial charge in [-0.2, -0.15) is 0 Å². The second-order valence-corrected chi connectivity index (χ2v) is 3.86. The fourth-order valence-electron chi connectivity index (χ4n) is 1.02. The molecular formula is C10H12O3S. The first-order valence-electron chi connectivity index (χ1n) is 4.31. The lowest BCUT2D eigenvalue weighted by Gasteiger charge is -2.03. The molecule has 1 rings (SSSR count). The molecule has 0 aliphatic rings. The van der Waals surface area contributed by atoms with Gasteiger partial charge in [-0.05, 0) is 18.6 Å². The predicted molar refractivity (Wildman–Crippen MR) is 55.8 cm³/mol. The molecule has 0 atom stereocenters. The summed E-state index contributed by atoms with van der Waals surface area (Å²) < 4.78 is 0. The van der Waals surface area contributed by atoms with Crippen molar-refractivity contribution >= 4 is 17.7 Å². The Morgan fingerprint density at radius 1 is 1.36 bits per heavy atom. The molecule has 14 heavy (non-hydrogen) atoms. The van der Waals surface area contributed by atoms with Crippen LogP contribution in [0.3, 0.4) is 0 Å². The van der Waals surface area contributed by atoms with E-state index in [1.807, 2.05) is 6.07 Å². The molecule has 1 aromatic rings. The maximum absolute atomic E-state index is 10.8. The Kier molecular flexibility index (Phi) is 4.49. The first-order valence-corrected chi connectivity index (χ1v) is 5.30. The molecule has 0 amide bonds. The van der Waals surface area contributed by atoms with E-state index in [4.69, 9.17) is 10.2 Å². The van der Waals surface area contributed by atoms with Crippen molar-refractivity contribution in [3.63, 3.8) is 0 Å². The molecule has 0 saturated carbocycles. The van der Waals surface area contributed by atoms with Crippen LogP contribution in [-0.2, 0) is 0 Å². The molecule has 0 aliphatic carbocycles. The van der Waals surface area contributed by atoms with E-state index in [1.54, 1.807) is 18.2 Å². The number of aromatic carboxylic acids is 1. The average Bonchev–Trinajstić information content (AvgIpc) is 2.19. The Balaban J connectivity index is 2.69. The van der Waals surface area contributed by atoms with Gasteiger partial charge in [-0.25, -0.2) is 4.79 Å². The molecule has 0 aromatic heterocycles. The monoisotopic (exact) mass is 212 g/mol. The second-order valence-electron chi connectivity index (χ2n) is 2.73. The third kappa shape index (κ3) is 3.05. The van der Waals surface area contributed by atoms with Gasteiger partial charge in [0.15, 0.2) is 0 Å². The maximum Gasteiger partial charge on any atom is 0.336 e. The van der Waals surface area contributed by atoms with Crippen molar-refractivity contribution < 1.29 is 15.0 Å². The maximum atomic E-state index is 10.8. The Hall–Kier alpha value is -1.00. The molecule has 0 aliphatic heterocycles. The lowest BCUT2D eigenvalue weighted by Crippen LogP contribution is -1.98. The Morgan fingerprint density at radius 2 is 2.07 bits per heavy atom. The van der Waals surface area contributed by atoms with Gasteiger partial charge in [-0.3, -0.25) is 0 Å². The number of benzene rings is 1. The molecular weight excluding hydrogens is 200 g/mol. The SMILES string of the molecule is O=C(O)c1ccccc1SCCCO. The normalized spacial score (nSPS) is 10.1. The van der Waals surface area contributed by atoms with Gasteiger partial charge in [0.25, 0.3) is 0 Å². The molecule has 0 bridgehead atoms. The van der Waals surface area contributed by atoms with Crippen LogP contribution >= 0.6 is 11.8 Å². The zero-order valence-electron chi connectivity index (χ0n) is 7.64. The van der Waals surface area contributed by atoms with Gasteiger partial charge < -0.3 is 10.2 Å². The van der Waals surface area contributed by atoms with Crippen molar-refractivity contribution in [1.82, 2.24) is 0 Å². The van der Waals surface area contributed by atoms with Crippen molar-refractivity contribution in [3.8, 4) is 0 Å². The van der Waals surface area contributed by atoms with Crippen molar-refractivity contribution in [2.24, 2.45) is 0 Å². The van der Waals surface area contributed by atoms with E-state index in [-0.39, 0.29) is 6.61 Å². The van der Waals surface area contributed by atoms with Crippen molar-refractivity contribution in [3.05, 3.63) is 29.8 Å². The van der Waals surface area contributed by atoms with Gasteiger partial charge in [-0.1, -0.05) is 12.1 Å². The van der Waals surface area contributed by atoms with E-state index < -0.39 is 5.97 Å². The summed E-state index contributed by atoms with van der Waals surface area (Å²) in [7, 11) is 0. The Morgan fingerprint density at radius 3 is 2.71 bits per heavy atom. The van der Waals surface area contributed by atoms with Crippen LogP contribution in [0.25, 0.3) is 0 Å². The predicted octanol–water partition coefficient (Wildman–Crippen LogP) is 1.86. The molecule has 0 unspecified atom stereocenters. The van der Waals surface area contributed by atoms with Crippen LogP contribution in [0.2, 0.25) is 0 Å². The third-order valence-electron chi connectivity index (χ3n) is 1.68. The molecule has 2 N–H and O–H groups in total. The van der Waals surface area contributed by atoms with Gasteiger partial charge >= 0.3 is 5.97 Å². The van der Waals surface area contributed by atoms with E-state index in [0.717, 1.165) is 10.6 Å². The van der Waals surface area contributed by atoms with Crippen molar-refractivity contribution in [1.29, 1.82) is 0 Å². The molecule has 1 aromatic carbocycles. The molecule has 76 valence electrons. The van der Waals surface area contributed by atoms with Crippen LogP contribution in [-0.4, -0.2) is 28.5 Å². The zero-order valence-corrected chi connectivity index (χ0v) is 8.46. The number of hydrogen-bond donors (Lipinski definition) is 2. The number of rotatable bonds is 5. The molecule has 0 heterocycles. The van der Waals surface area contributed by atoms with Crippen LogP contribution in [0.5, 0.6) is 0 Å². The summed E-state index contributed by atoms with van der Waals surface area (Å²) in [5.74, 6) is -0.169. The van der Waals surface area contributed by atoms with Crippen LogP contribution in [0.15, 0.2) is 29.2 Å². The number of carbonyl (C=O) groups is 1. The molecule has 0 radical (unpaired) electrons. The topological polar surface area (TPSA) is 57.5 Å². The summed E-state index contributed by atoms with van der Waals surface area (Å²) >= 11 is 1.46. The summed E-state index contributed by atoms with van der Waals surface area (Å²) in [6.45, 7) is 0.141. The first-order chi connectivity index (χ1) is 6.75. The highest BCUT2D eigenvalue weighted by Crippen LogP contribution is 2.22. The molecule has 3 nitrogen and oxygen atoms in total. The minimum absolute atomic E-state index is 0.141. The number of thioether (sulfide) groups is 1. The van der Waals surface area contributed by atoms with Crippen molar-refractivity contribution in [2.45, 2.75) is 11.3 Å². The van der Waals surface area contributed by atoms with E-state index in [1.165, 1.54) is 11.8 Å². The molecule has 0 fully saturated rings. The molecule has 4 heteroatoms. The van der Waals surface area contributed by atoms with Crippen LogP contribution < -0.4 is 0 Å². The Bertz CT molecular complexity index is 312. The highest BCUT2D eigenvalue weighted by Gasteiger charge is 2.08. The standard InChI is InChI=1S/C10H12O3S/c11-6-3-7-14-9-5-2-1-4-8(9)10(12)13/h1-2,4-5,11H,3,6-7H2,(H,12,13). The third-order valence-corrected chi connectivity index (χ3v) is 2.84. The zero-order chi connectivity index (χ0) is 10.4. The summed E-state index contributed by atoms with van der Waals surface area (Å²) in [5.41, 5.74) is 0.329. The summed E-state index contributed by atoms with van der Waals surface area (Å²) in [6.07, 6.45) is 0.679. The van der Waals surface area contributed by atoms with Gasteiger partial charge in [0.2, 0.25) is 0 Å². The fraction of sp³-hybridized carbons (Fsp3) is 0.300. The number of hydrogen-bond acceptors (Lipinski definition) is 3. The minimum Gasteiger partial charge on any atom is -0.478 e. The van der Waals surface area contributed by atoms with Gasteiger partial charge in [0.05, 0.1) is 5.56 Å². The van der Waals surface area contributed by atoms with Crippen LogP contribution in [0, 0.1) is 0 Å². The van der Waals surface area contributed by atoms with E-state index in [9.17, 15) is 4.79 Å². The van der Waals surface area contributed by atoms with Gasteiger partial charge in [0.1, 0.15) is 0 Å². The van der Waals surface area contributed by atoms with E-state index in [2.05, 4.69) is 0 Å². The quantitative estimate of drug-likeness (QED) is 0.577. The summed E-state index contributed by atoms with van der Waals surface area (Å²) in [5, 5.41) is 17.5. The lowest BCUT2D eigenvalue weighted by atomic mass is 10.2. The first kappa shape index (κ1) is 11.1. The van der Waals surface area contributed by atoms with Gasteiger partial charge in [-0.15, -0.1) is 11.8 Å². The largest absolute Gasteiger partial charge is 0.478 e.